The van der Waals surface area contributed by atoms with Crippen molar-refractivity contribution in [3.8, 4) is 11.5 Å². The summed E-state index contributed by atoms with van der Waals surface area (Å²) < 4.78 is 10.9. The first-order valence-corrected chi connectivity index (χ1v) is 9.84. The second-order valence-corrected chi connectivity index (χ2v) is 6.59. The number of hydrogen-bond acceptors (Lipinski definition) is 4. The molecule has 0 saturated heterocycles. The lowest BCUT2D eigenvalue weighted by Crippen LogP contribution is -2.44. The van der Waals surface area contributed by atoms with Crippen LogP contribution in [0.2, 0.25) is 0 Å². The van der Waals surface area contributed by atoms with E-state index in [1.807, 2.05) is 31.2 Å². The summed E-state index contributed by atoms with van der Waals surface area (Å²) in [6.45, 7) is 3.69. The van der Waals surface area contributed by atoms with Crippen LogP contribution < -0.4 is 25.4 Å². The molecule has 1 fully saturated rings. The number of benzene rings is 1. The van der Waals surface area contributed by atoms with E-state index in [9.17, 15) is 9.59 Å². The third-order valence-corrected chi connectivity index (χ3v) is 4.41. The Labute approximate surface area is 161 Å². The smallest absolute Gasteiger partial charge is 0.315 e. The number of urea groups is 1. The van der Waals surface area contributed by atoms with Crippen LogP contribution in [0.1, 0.15) is 45.4 Å². The minimum atomic E-state index is -0.187. The average Bonchev–Trinajstić information content (AvgIpc) is 2.67. The lowest BCUT2D eigenvalue weighted by molar-refractivity contribution is -0.121. The van der Waals surface area contributed by atoms with E-state index < -0.39 is 0 Å². The molecule has 0 aliphatic heterocycles. The van der Waals surface area contributed by atoms with E-state index in [0.717, 1.165) is 24.3 Å². The van der Waals surface area contributed by atoms with Crippen molar-refractivity contribution < 1.29 is 19.1 Å². The van der Waals surface area contributed by atoms with Crippen molar-refractivity contribution in [3.05, 3.63) is 24.3 Å². The Bertz CT molecular complexity index is 571. The molecule has 27 heavy (non-hydrogen) atoms. The number of carbonyl (C=O) groups excluding carboxylic acids is 2. The van der Waals surface area contributed by atoms with E-state index in [4.69, 9.17) is 9.47 Å². The quantitative estimate of drug-likeness (QED) is 0.547. The van der Waals surface area contributed by atoms with Crippen LogP contribution in [0.4, 0.5) is 4.79 Å². The number of nitrogens with one attached hydrogen (secondary N) is 3. The molecular weight excluding hydrogens is 346 g/mol. The van der Waals surface area contributed by atoms with Crippen LogP contribution in [0.25, 0.3) is 0 Å². The van der Waals surface area contributed by atoms with Crippen molar-refractivity contribution in [2.75, 3.05) is 26.3 Å². The maximum atomic E-state index is 11.8. The molecule has 7 heteroatoms. The topological polar surface area (TPSA) is 88.7 Å². The van der Waals surface area contributed by atoms with E-state index in [-0.39, 0.29) is 24.4 Å². The molecule has 0 aromatic heterocycles. The van der Waals surface area contributed by atoms with Gasteiger partial charge in [0, 0.05) is 19.0 Å². The van der Waals surface area contributed by atoms with Gasteiger partial charge in [0.25, 0.3) is 0 Å². The van der Waals surface area contributed by atoms with E-state index >= 15 is 0 Å². The Morgan fingerprint density at radius 3 is 2.30 bits per heavy atom. The highest BCUT2D eigenvalue weighted by Gasteiger charge is 2.15. The molecule has 1 aliphatic carbocycles. The van der Waals surface area contributed by atoms with Crippen LogP contribution in [0.15, 0.2) is 24.3 Å². The maximum Gasteiger partial charge on any atom is 0.315 e. The normalized spacial score (nSPS) is 14.3. The predicted molar refractivity (Wildman–Crippen MR) is 104 cm³/mol. The Morgan fingerprint density at radius 2 is 1.63 bits per heavy atom. The van der Waals surface area contributed by atoms with Gasteiger partial charge in [-0.2, -0.15) is 0 Å². The third kappa shape index (κ3) is 8.66. The van der Waals surface area contributed by atoms with E-state index in [1.54, 1.807) is 0 Å². The fourth-order valence-corrected chi connectivity index (χ4v) is 3.02. The summed E-state index contributed by atoms with van der Waals surface area (Å²) in [4.78, 5) is 23.6. The molecule has 1 aromatic carbocycles. The molecule has 2 rings (SSSR count). The van der Waals surface area contributed by atoms with Gasteiger partial charge in [-0.05, 0) is 44.0 Å². The van der Waals surface area contributed by atoms with Crippen LogP contribution in [-0.4, -0.2) is 44.3 Å². The summed E-state index contributed by atoms with van der Waals surface area (Å²) in [6.07, 6.45) is 5.94. The maximum absolute atomic E-state index is 11.8. The molecule has 1 saturated carbocycles. The van der Waals surface area contributed by atoms with Crippen molar-refractivity contribution in [1.29, 1.82) is 0 Å². The molecule has 0 unspecified atom stereocenters. The van der Waals surface area contributed by atoms with Gasteiger partial charge in [0.05, 0.1) is 13.2 Å². The zero-order valence-electron chi connectivity index (χ0n) is 16.1. The van der Waals surface area contributed by atoms with Gasteiger partial charge in [0.1, 0.15) is 18.1 Å². The molecule has 1 aliphatic rings. The minimum absolute atomic E-state index is 0.108. The summed E-state index contributed by atoms with van der Waals surface area (Å²) in [5, 5.41) is 8.48. The van der Waals surface area contributed by atoms with Gasteiger partial charge >= 0.3 is 6.03 Å². The highest BCUT2D eigenvalue weighted by molar-refractivity contribution is 5.78. The standard InChI is InChI=1S/C20H31N3O4/c1-2-26-17-8-10-18(11-9-17)27-15-14-21-19(24)12-13-22-20(25)23-16-6-4-3-5-7-16/h8-11,16H,2-7,12-15H2,1H3,(H,21,24)(H2,22,23,25). The lowest BCUT2D eigenvalue weighted by Gasteiger charge is -2.22. The van der Waals surface area contributed by atoms with Gasteiger partial charge in [0.2, 0.25) is 5.91 Å². The second-order valence-electron chi connectivity index (χ2n) is 6.59. The Hall–Kier alpha value is -2.44. The zero-order chi connectivity index (χ0) is 19.3. The van der Waals surface area contributed by atoms with Crippen molar-refractivity contribution in [2.24, 2.45) is 0 Å². The molecule has 0 heterocycles. The average molecular weight is 377 g/mol. The monoisotopic (exact) mass is 377 g/mol. The Kier molecular flexibility index (Phi) is 9.30. The third-order valence-electron chi connectivity index (χ3n) is 4.41. The number of rotatable bonds is 10. The van der Waals surface area contributed by atoms with Crippen LogP contribution in [0.3, 0.4) is 0 Å². The van der Waals surface area contributed by atoms with Crippen LogP contribution in [0, 0.1) is 0 Å². The van der Waals surface area contributed by atoms with Crippen molar-refractivity contribution in [2.45, 2.75) is 51.5 Å². The van der Waals surface area contributed by atoms with Gasteiger partial charge in [0.15, 0.2) is 0 Å². The molecule has 0 spiro atoms. The van der Waals surface area contributed by atoms with Crippen molar-refractivity contribution in [1.82, 2.24) is 16.0 Å². The molecule has 3 N–H and O–H groups in total. The van der Waals surface area contributed by atoms with Crippen LogP contribution in [-0.2, 0) is 4.79 Å². The molecule has 0 bridgehead atoms. The van der Waals surface area contributed by atoms with E-state index in [2.05, 4.69) is 16.0 Å². The summed E-state index contributed by atoms with van der Waals surface area (Å²) in [7, 11) is 0. The highest BCUT2D eigenvalue weighted by Crippen LogP contribution is 2.17. The number of hydrogen-bond donors (Lipinski definition) is 3. The molecule has 1 aromatic rings. The van der Waals surface area contributed by atoms with Gasteiger partial charge in [-0.15, -0.1) is 0 Å². The summed E-state index contributed by atoms with van der Waals surface area (Å²) >= 11 is 0. The zero-order valence-corrected chi connectivity index (χ0v) is 16.1. The summed E-state index contributed by atoms with van der Waals surface area (Å²) in [5.41, 5.74) is 0. The van der Waals surface area contributed by atoms with E-state index in [0.29, 0.717) is 26.3 Å². The Balaban J connectivity index is 1.49. The van der Waals surface area contributed by atoms with Gasteiger partial charge < -0.3 is 25.4 Å². The van der Waals surface area contributed by atoms with Crippen LogP contribution in [0.5, 0.6) is 11.5 Å². The first-order valence-electron chi connectivity index (χ1n) is 9.84. The molecule has 150 valence electrons. The van der Waals surface area contributed by atoms with E-state index in [1.165, 1.54) is 19.3 Å². The lowest BCUT2D eigenvalue weighted by atomic mass is 9.96. The summed E-state index contributed by atoms with van der Waals surface area (Å²) in [6, 6.07) is 7.45. The first kappa shape index (κ1) is 20.9. The fraction of sp³-hybridized carbons (Fsp3) is 0.600. The Morgan fingerprint density at radius 1 is 0.963 bits per heavy atom. The predicted octanol–water partition coefficient (Wildman–Crippen LogP) is 2.60. The van der Waals surface area contributed by atoms with Gasteiger partial charge in [-0.1, -0.05) is 19.3 Å². The van der Waals surface area contributed by atoms with Gasteiger partial charge in [-0.3, -0.25) is 4.79 Å². The number of amides is 3. The highest BCUT2D eigenvalue weighted by atomic mass is 16.5. The second kappa shape index (κ2) is 12.0. The number of ether oxygens (including phenoxy) is 2. The molecule has 0 radical (unpaired) electrons. The van der Waals surface area contributed by atoms with Crippen molar-refractivity contribution >= 4 is 11.9 Å². The fourth-order valence-electron chi connectivity index (χ4n) is 3.02. The molecule has 0 atom stereocenters. The summed E-state index contributed by atoms with van der Waals surface area (Å²) in [5.74, 6) is 1.43. The first-order chi connectivity index (χ1) is 13.2. The van der Waals surface area contributed by atoms with Crippen molar-refractivity contribution in [3.63, 3.8) is 0 Å². The molecule has 3 amide bonds. The minimum Gasteiger partial charge on any atom is -0.494 e. The van der Waals surface area contributed by atoms with Crippen LogP contribution >= 0.6 is 0 Å². The molecular formula is C20H31N3O4. The van der Waals surface area contributed by atoms with Gasteiger partial charge in [-0.25, -0.2) is 4.79 Å². The largest absolute Gasteiger partial charge is 0.494 e. The molecule has 7 nitrogen and oxygen atoms in total. The number of carbonyl (C=O) groups is 2. The SMILES string of the molecule is CCOc1ccc(OCCNC(=O)CCNC(=O)NC2CCCCC2)cc1.